The van der Waals surface area contributed by atoms with Gasteiger partial charge in [-0.2, -0.15) is 0 Å². The van der Waals surface area contributed by atoms with E-state index in [1.165, 1.54) is 24.3 Å². The lowest BCUT2D eigenvalue weighted by atomic mass is 10.2. The van der Waals surface area contributed by atoms with Crippen LogP contribution in [0.3, 0.4) is 0 Å². The molecule has 2 rings (SSSR count). The minimum Gasteiger partial charge on any atom is -0.465 e. The van der Waals surface area contributed by atoms with E-state index in [1.807, 2.05) is 4.83 Å². The second kappa shape index (κ2) is 5.59. The van der Waals surface area contributed by atoms with Crippen molar-refractivity contribution in [3.8, 4) is 0 Å². The van der Waals surface area contributed by atoms with E-state index in [9.17, 15) is 18.0 Å². The summed E-state index contributed by atoms with van der Waals surface area (Å²) < 4.78 is 28.7. The molecule has 1 aromatic rings. The molecular formula is C12H14N2O5S. The highest BCUT2D eigenvalue weighted by atomic mass is 32.2. The van der Waals surface area contributed by atoms with Crippen molar-refractivity contribution >= 4 is 21.9 Å². The molecule has 1 saturated carbocycles. The molecule has 0 unspecified atom stereocenters. The van der Waals surface area contributed by atoms with Crippen LogP contribution in [-0.2, 0) is 19.6 Å². The zero-order chi connectivity index (χ0) is 14.8. The average Bonchev–Trinajstić information content (AvgIpc) is 3.28. The summed E-state index contributed by atoms with van der Waals surface area (Å²) in [6.45, 7) is 0. The number of methoxy groups -OCH3 is 1. The number of hydrogen-bond donors (Lipinski definition) is 2. The Morgan fingerprint density at radius 3 is 2.50 bits per heavy atom. The van der Waals surface area contributed by atoms with E-state index in [0.29, 0.717) is 0 Å². The highest BCUT2D eigenvalue weighted by Crippen LogP contribution is 2.28. The van der Waals surface area contributed by atoms with Crippen LogP contribution < -0.4 is 10.3 Å². The van der Waals surface area contributed by atoms with Crippen LogP contribution in [0.25, 0.3) is 0 Å². The van der Waals surface area contributed by atoms with Crippen LogP contribution in [0, 0.1) is 5.92 Å². The summed E-state index contributed by atoms with van der Waals surface area (Å²) in [5.41, 5.74) is 2.04. The first-order chi connectivity index (χ1) is 9.45. The first-order valence-electron chi connectivity index (χ1n) is 5.94. The lowest BCUT2D eigenvalue weighted by Crippen LogP contribution is -2.42. The van der Waals surface area contributed by atoms with E-state index in [4.69, 9.17) is 0 Å². The monoisotopic (exact) mass is 298 g/mol. The number of nitrogens with one attached hydrogen (secondary N) is 2. The van der Waals surface area contributed by atoms with Crippen LogP contribution in [0.4, 0.5) is 0 Å². The Morgan fingerprint density at radius 1 is 1.25 bits per heavy atom. The van der Waals surface area contributed by atoms with Crippen molar-refractivity contribution in [1.82, 2.24) is 10.3 Å². The fourth-order valence-corrected chi connectivity index (χ4v) is 2.64. The SMILES string of the molecule is COC(=O)c1ccccc1S(=O)(=O)NNC(=O)C1CC1. The molecule has 0 aliphatic heterocycles. The maximum absolute atomic E-state index is 12.1. The number of hydrazine groups is 1. The summed E-state index contributed by atoms with van der Waals surface area (Å²) in [4.78, 5) is 24.7. The lowest BCUT2D eigenvalue weighted by Gasteiger charge is -2.10. The van der Waals surface area contributed by atoms with Crippen LogP contribution in [0.15, 0.2) is 29.2 Å². The van der Waals surface area contributed by atoms with Crippen molar-refractivity contribution in [3.63, 3.8) is 0 Å². The molecule has 1 aliphatic rings. The van der Waals surface area contributed by atoms with Gasteiger partial charge in [0.25, 0.3) is 10.0 Å². The number of ether oxygens (including phenoxy) is 1. The highest BCUT2D eigenvalue weighted by Gasteiger charge is 2.31. The van der Waals surface area contributed by atoms with E-state index in [2.05, 4.69) is 10.2 Å². The molecule has 0 atom stereocenters. The van der Waals surface area contributed by atoms with Crippen molar-refractivity contribution < 1.29 is 22.7 Å². The number of rotatable bonds is 5. The summed E-state index contributed by atoms with van der Waals surface area (Å²) in [6.07, 6.45) is 1.51. The number of sulfonamides is 1. The molecule has 0 radical (unpaired) electrons. The van der Waals surface area contributed by atoms with Crippen LogP contribution in [0.1, 0.15) is 23.2 Å². The molecule has 0 bridgehead atoms. The highest BCUT2D eigenvalue weighted by molar-refractivity contribution is 7.89. The quantitative estimate of drug-likeness (QED) is 0.597. The van der Waals surface area contributed by atoms with Gasteiger partial charge in [-0.05, 0) is 25.0 Å². The number of amides is 1. The normalized spacial score (nSPS) is 14.7. The zero-order valence-electron chi connectivity index (χ0n) is 10.8. The molecule has 8 heteroatoms. The van der Waals surface area contributed by atoms with Gasteiger partial charge in [0.05, 0.1) is 17.6 Å². The molecule has 0 heterocycles. The van der Waals surface area contributed by atoms with Crippen LogP contribution in [-0.4, -0.2) is 27.4 Å². The molecule has 108 valence electrons. The lowest BCUT2D eigenvalue weighted by molar-refractivity contribution is -0.122. The smallest absolute Gasteiger partial charge is 0.339 e. The van der Waals surface area contributed by atoms with Gasteiger partial charge in [0, 0.05) is 5.92 Å². The Labute approximate surface area is 116 Å². The van der Waals surface area contributed by atoms with Crippen molar-refractivity contribution in [2.24, 2.45) is 5.92 Å². The van der Waals surface area contributed by atoms with Gasteiger partial charge in [-0.15, -0.1) is 4.83 Å². The van der Waals surface area contributed by atoms with Crippen LogP contribution in [0.2, 0.25) is 0 Å². The first kappa shape index (κ1) is 14.5. The Hall–Kier alpha value is -1.93. The molecule has 2 N–H and O–H groups in total. The molecule has 1 fully saturated rings. The maximum Gasteiger partial charge on any atom is 0.339 e. The van der Waals surface area contributed by atoms with Gasteiger partial charge >= 0.3 is 5.97 Å². The Bertz CT molecular complexity index is 637. The second-order valence-corrected chi connectivity index (χ2v) is 6.01. The van der Waals surface area contributed by atoms with Gasteiger partial charge in [0.2, 0.25) is 5.91 Å². The fraction of sp³-hybridized carbons (Fsp3) is 0.333. The molecule has 0 saturated heterocycles. The number of hydrogen-bond acceptors (Lipinski definition) is 5. The minimum absolute atomic E-state index is 0.0943. The van der Waals surface area contributed by atoms with Crippen molar-refractivity contribution in [3.05, 3.63) is 29.8 Å². The molecule has 20 heavy (non-hydrogen) atoms. The summed E-state index contributed by atoms with van der Waals surface area (Å²) >= 11 is 0. The van der Waals surface area contributed by atoms with E-state index in [0.717, 1.165) is 20.0 Å². The van der Waals surface area contributed by atoms with Gasteiger partial charge in [0.15, 0.2) is 0 Å². The molecule has 7 nitrogen and oxygen atoms in total. The molecule has 1 aromatic carbocycles. The standard InChI is InChI=1S/C12H14N2O5S/c1-19-12(16)9-4-2-3-5-10(9)20(17,18)14-13-11(15)8-6-7-8/h2-5,8,14H,6-7H2,1H3,(H,13,15). The van der Waals surface area contributed by atoms with E-state index in [1.54, 1.807) is 0 Å². The van der Waals surface area contributed by atoms with Crippen molar-refractivity contribution in [2.45, 2.75) is 17.7 Å². The molecular weight excluding hydrogens is 284 g/mol. The van der Waals surface area contributed by atoms with E-state index in [-0.39, 0.29) is 22.3 Å². The zero-order valence-corrected chi connectivity index (χ0v) is 11.6. The molecule has 1 aliphatic carbocycles. The number of carbonyl (C=O) groups excluding carboxylic acids is 2. The van der Waals surface area contributed by atoms with Crippen LogP contribution in [0.5, 0.6) is 0 Å². The third-order valence-electron chi connectivity index (χ3n) is 2.84. The average molecular weight is 298 g/mol. The molecule has 1 amide bonds. The summed E-state index contributed by atoms with van der Waals surface area (Å²) in [5, 5.41) is 0. The molecule has 0 spiro atoms. The van der Waals surface area contributed by atoms with E-state index < -0.39 is 16.0 Å². The van der Waals surface area contributed by atoms with Gasteiger partial charge in [-0.25, -0.2) is 13.2 Å². The van der Waals surface area contributed by atoms with Crippen molar-refractivity contribution in [2.75, 3.05) is 7.11 Å². The Balaban J connectivity index is 2.20. The van der Waals surface area contributed by atoms with Crippen molar-refractivity contribution in [1.29, 1.82) is 0 Å². The Morgan fingerprint density at radius 2 is 1.90 bits per heavy atom. The fourth-order valence-electron chi connectivity index (χ4n) is 1.60. The minimum atomic E-state index is -4.03. The maximum atomic E-state index is 12.1. The van der Waals surface area contributed by atoms with Gasteiger partial charge in [-0.3, -0.25) is 10.2 Å². The third-order valence-corrected chi connectivity index (χ3v) is 4.14. The summed E-state index contributed by atoms with van der Waals surface area (Å²) in [6, 6.07) is 5.60. The summed E-state index contributed by atoms with van der Waals surface area (Å²) in [5.74, 6) is -1.27. The predicted molar refractivity (Wildman–Crippen MR) is 69.0 cm³/mol. The van der Waals surface area contributed by atoms with Gasteiger partial charge < -0.3 is 4.74 Å². The number of esters is 1. The largest absolute Gasteiger partial charge is 0.465 e. The number of benzene rings is 1. The van der Waals surface area contributed by atoms with E-state index >= 15 is 0 Å². The predicted octanol–water partition coefficient (Wildman–Crippen LogP) is 0.193. The third kappa shape index (κ3) is 3.14. The second-order valence-electron chi connectivity index (χ2n) is 4.36. The topological polar surface area (TPSA) is 102 Å². The first-order valence-corrected chi connectivity index (χ1v) is 7.43. The van der Waals surface area contributed by atoms with Gasteiger partial charge in [0.1, 0.15) is 0 Å². The number of carbonyl (C=O) groups is 2. The summed E-state index contributed by atoms with van der Waals surface area (Å²) in [7, 11) is -2.87. The van der Waals surface area contributed by atoms with Gasteiger partial charge in [-0.1, -0.05) is 12.1 Å². The molecule has 0 aromatic heterocycles. The Kier molecular flexibility index (Phi) is 4.05. The van der Waals surface area contributed by atoms with Crippen LogP contribution >= 0.6 is 0 Å².